The van der Waals surface area contributed by atoms with Gasteiger partial charge in [-0.1, -0.05) is 12.2 Å². The predicted octanol–water partition coefficient (Wildman–Crippen LogP) is 0.843. The molecule has 0 saturated carbocycles. The molecular formula is C14H16N2O3S. The normalized spacial score (nSPS) is 35.6. The topological polar surface area (TPSA) is 72.6 Å². The summed E-state index contributed by atoms with van der Waals surface area (Å²) in [4.78, 5) is 0.313. The number of hydrogen-bond donors (Lipinski definition) is 1. The van der Waals surface area contributed by atoms with Gasteiger partial charge in [-0.3, -0.25) is 0 Å². The van der Waals surface area contributed by atoms with Crippen LogP contribution in [0.1, 0.15) is 0 Å². The van der Waals surface area contributed by atoms with Gasteiger partial charge in [-0.25, -0.2) is 8.42 Å². The lowest BCUT2D eigenvalue weighted by molar-refractivity contribution is 0.0929. The van der Waals surface area contributed by atoms with Crippen LogP contribution in [0.15, 0.2) is 41.3 Å². The maximum atomic E-state index is 12.6. The second-order valence-electron chi connectivity index (χ2n) is 5.67. The molecule has 106 valence electrons. The maximum absolute atomic E-state index is 12.6. The number of fused-ring (bicyclic) bond motifs is 5. The minimum absolute atomic E-state index is 0.0941. The van der Waals surface area contributed by atoms with Crippen molar-refractivity contribution in [3.63, 3.8) is 0 Å². The molecule has 5 nitrogen and oxygen atoms in total. The highest BCUT2D eigenvalue weighted by atomic mass is 32.2. The van der Waals surface area contributed by atoms with Crippen LogP contribution in [-0.4, -0.2) is 38.0 Å². The maximum Gasteiger partial charge on any atom is 0.243 e. The first kappa shape index (κ1) is 12.4. The molecular weight excluding hydrogens is 276 g/mol. The Labute approximate surface area is 118 Å². The summed E-state index contributed by atoms with van der Waals surface area (Å²) in [6, 6.07) is 6.39. The molecule has 2 N–H and O–H groups in total. The highest BCUT2D eigenvalue weighted by Crippen LogP contribution is 2.44. The van der Waals surface area contributed by atoms with Crippen molar-refractivity contribution in [3.05, 3.63) is 36.4 Å². The van der Waals surface area contributed by atoms with Crippen LogP contribution in [0.5, 0.6) is 0 Å². The summed E-state index contributed by atoms with van der Waals surface area (Å²) in [5, 5.41) is 0. The van der Waals surface area contributed by atoms with Crippen molar-refractivity contribution in [3.8, 4) is 0 Å². The van der Waals surface area contributed by atoms with Crippen LogP contribution in [0.3, 0.4) is 0 Å². The summed E-state index contributed by atoms with van der Waals surface area (Å²) < 4.78 is 32.6. The van der Waals surface area contributed by atoms with Gasteiger partial charge in [-0.2, -0.15) is 4.31 Å². The number of benzene rings is 1. The second kappa shape index (κ2) is 4.07. The molecule has 4 unspecified atom stereocenters. The van der Waals surface area contributed by atoms with Gasteiger partial charge in [0.15, 0.2) is 0 Å². The van der Waals surface area contributed by atoms with Gasteiger partial charge in [0.1, 0.15) is 0 Å². The molecule has 0 amide bonds. The first-order valence-electron chi connectivity index (χ1n) is 6.75. The molecule has 0 aromatic heterocycles. The molecule has 20 heavy (non-hydrogen) atoms. The summed E-state index contributed by atoms with van der Waals surface area (Å²) in [7, 11) is -3.42. The van der Waals surface area contributed by atoms with E-state index in [-0.39, 0.29) is 12.2 Å². The number of ether oxygens (including phenoxy) is 1. The average molecular weight is 292 g/mol. The van der Waals surface area contributed by atoms with Gasteiger partial charge in [-0.15, -0.1) is 0 Å². The Hall–Kier alpha value is -1.37. The molecule has 1 aromatic carbocycles. The van der Waals surface area contributed by atoms with Gasteiger partial charge in [-0.05, 0) is 24.3 Å². The largest absolute Gasteiger partial charge is 0.399 e. The molecule has 0 aliphatic carbocycles. The molecule has 0 spiro atoms. The fraction of sp³-hybridized carbons (Fsp3) is 0.429. The van der Waals surface area contributed by atoms with Crippen molar-refractivity contribution in [2.45, 2.75) is 17.1 Å². The number of anilines is 1. The molecule has 3 heterocycles. The van der Waals surface area contributed by atoms with E-state index in [1.165, 1.54) is 0 Å². The molecule has 0 radical (unpaired) electrons. The Morgan fingerprint density at radius 1 is 1.05 bits per heavy atom. The summed E-state index contributed by atoms with van der Waals surface area (Å²) in [5.74, 6) is 0.599. The van der Waals surface area contributed by atoms with Gasteiger partial charge in [0.25, 0.3) is 0 Å². The Morgan fingerprint density at radius 2 is 1.60 bits per heavy atom. The molecule has 2 bridgehead atoms. The highest BCUT2D eigenvalue weighted by Gasteiger charge is 2.52. The molecule has 6 heteroatoms. The predicted molar refractivity (Wildman–Crippen MR) is 74.4 cm³/mol. The van der Waals surface area contributed by atoms with Gasteiger partial charge in [0, 0.05) is 30.6 Å². The molecule has 2 saturated heterocycles. The fourth-order valence-corrected chi connectivity index (χ4v) is 4.99. The van der Waals surface area contributed by atoms with Crippen LogP contribution >= 0.6 is 0 Å². The Morgan fingerprint density at radius 3 is 2.15 bits per heavy atom. The van der Waals surface area contributed by atoms with Crippen LogP contribution in [0, 0.1) is 11.8 Å². The molecule has 1 aromatic rings. The minimum atomic E-state index is -3.42. The van der Waals surface area contributed by atoms with Crippen molar-refractivity contribution < 1.29 is 13.2 Å². The molecule has 4 atom stereocenters. The molecule has 3 aliphatic rings. The van der Waals surface area contributed by atoms with E-state index in [0.717, 1.165) is 0 Å². The van der Waals surface area contributed by atoms with E-state index in [0.29, 0.717) is 35.5 Å². The van der Waals surface area contributed by atoms with Gasteiger partial charge in [0.05, 0.1) is 17.1 Å². The van der Waals surface area contributed by atoms with E-state index in [1.807, 2.05) is 0 Å². The van der Waals surface area contributed by atoms with Crippen LogP contribution in [0.25, 0.3) is 0 Å². The van der Waals surface area contributed by atoms with Crippen LogP contribution in [0.2, 0.25) is 0 Å². The van der Waals surface area contributed by atoms with E-state index in [9.17, 15) is 8.42 Å². The summed E-state index contributed by atoms with van der Waals surface area (Å²) in [6.07, 6.45) is 4.31. The van der Waals surface area contributed by atoms with Crippen LogP contribution < -0.4 is 5.73 Å². The zero-order chi connectivity index (χ0) is 13.9. The fourth-order valence-electron chi connectivity index (χ4n) is 3.47. The number of nitrogens with zero attached hydrogens (tertiary/aromatic N) is 1. The van der Waals surface area contributed by atoms with Gasteiger partial charge in [0.2, 0.25) is 10.0 Å². The highest BCUT2D eigenvalue weighted by molar-refractivity contribution is 7.89. The minimum Gasteiger partial charge on any atom is -0.399 e. The van der Waals surface area contributed by atoms with E-state index in [1.54, 1.807) is 28.6 Å². The van der Waals surface area contributed by atoms with E-state index in [4.69, 9.17) is 10.5 Å². The number of rotatable bonds is 2. The number of sulfonamides is 1. The third kappa shape index (κ3) is 1.65. The molecule has 4 rings (SSSR count). The SMILES string of the molecule is Nc1ccc(S(=O)(=O)N2CC3C4C=CC(O4)C3C2)cc1. The van der Waals surface area contributed by atoms with Crippen LogP contribution in [-0.2, 0) is 14.8 Å². The first-order chi connectivity index (χ1) is 9.55. The third-order valence-corrected chi connectivity index (χ3v) is 6.39. The summed E-state index contributed by atoms with van der Waals surface area (Å²) in [6.45, 7) is 1.09. The Bertz CT molecular complexity index is 648. The molecule has 2 fully saturated rings. The summed E-state index contributed by atoms with van der Waals surface area (Å²) in [5.41, 5.74) is 6.18. The quantitative estimate of drug-likeness (QED) is 0.647. The average Bonchev–Trinajstić information content (AvgIpc) is 3.12. The smallest absolute Gasteiger partial charge is 0.243 e. The number of nitrogen functional groups attached to an aromatic ring is 1. The lowest BCUT2D eigenvalue weighted by Gasteiger charge is -2.18. The third-order valence-electron chi connectivity index (χ3n) is 4.55. The monoisotopic (exact) mass is 292 g/mol. The van der Waals surface area contributed by atoms with Crippen molar-refractivity contribution >= 4 is 15.7 Å². The van der Waals surface area contributed by atoms with Gasteiger partial charge < -0.3 is 10.5 Å². The lowest BCUT2D eigenvalue weighted by atomic mass is 9.86. The van der Waals surface area contributed by atoms with Crippen molar-refractivity contribution in [2.75, 3.05) is 18.8 Å². The zero-order valence-electron chi connectivity index (χ0n) is 10.8. The number of nitrogens with two attached hydrogens (primary N) is 1. The standard InChI is InChI=1S/C14H16N2O3S/c15-9-1-3-10(4-2-9)20(17,18)16-7-11-12(8-16)14-6-5-13(11)19-14/h1-6,11-14H,7-8,15H2. The Kier molecular flexibility index (Phi) is 2.52. The van der Waals surface area contributed by atoms with E-state index in [2.05, 4.69) is 12.2 Å². The van der Waals surface area contributed by atoms with E-state index >= 15 is 0 Å². The van der Waals surface area contributed by atoms with Crippen LogP contribution in [0.4, 0.5) is 5.69 Å². The summed E-state index contributed by atoms with van der Waals surface area (Å²) >= 11 is 0. The Balaban J connectivity index is 1.61. The zero-order valence-corrected chi connectivity index (χ0v) is 11.7. The number of hydrogen-bond acceptors (Lipinski definition) is 4. The first-order valence-corrected chi connectivity index (χ1v) is 8.19. The second-order valence-corrected chi connectivity index (χ2v) is 7.61. The molecule has 3 aliphatic heterocycles. The lowest BCUT2D eigenvalue weighted by Crippen LogP contribution is -2.31. The van der Waals surface area contributed by atoms with Gasteiger partial charge >= 0.3 is 0 Å². The van der Waals surface area contributed by atoms with E-state index < -0.39 is 10.0 Å². The van der Waals surface area contributed by atoms with Crippen molar-refractivity contribution in [1.82, 2.24) is 4.31 Å². The van der Waals surface area contributed by atoms with Crippen molar-refractivity contribution in [1.29, 1.82) is 0 Å². The van der Waals surface area contributed by atoms with Crippen molar-refractivity contribution in [2.24, 2.45) is 11.8 Å².